The zero-order valence-corrected chi connectivity index (χ0v) is 16.8. The first-order valence-corrected chi connectivity index (χ1v) is 10.7. The second-order valence-electron chi connectivity index (χ2n) is 6.25. The Morgan fingerprint density at radius 2 is 1.78 bits per heavy atom. The summed E-state index contributed by atoms with van der Waals surface area (Å²) in [5, 5.41) is 2.79. The SMILES string of the molecule is CCOc1ccccc1NC(=O)CCN(Cc1ccccc1C)S(C)(=O)=O. The smallest absolute Gasteiger partial charge is 0.225 e. The number of carbonyl (C=O) groups is 1. The van der Waals surface area contributed by atoms with Crippen LogP contribution in [0.1, 0.15) is 24.5 Å². The van der Waals surface area contributed by atoms with E-state index in [0.717, 1.165) is 17.4 Å². The maximum atomic E-state index is 12.3. The summed E-state index contributed by atoms with van der Waals surface area (Å²) in [6.45, 7) is 4.65. The molecule has 7 heteroatoms. The number of nitrogens with zero attached hydrogens (tertiary/aromatic N) is 1. The molecule has 0 radical (unpaired) electrons. The van der Waals surface area contributed by atoms with Gasteiger partial charge < -0.3 is 10.1 Å². The third-order valence-corrected chi connectivity index (χ3v) is 5.38. The maximum absolute atomic E-state index is 12.3. The molecular weight excluding hydrogens is 364 g/mol. The minimum atomic E-state index is -3.44. The number of sulfonamides is 1. The van der Waals surface area contributed by atoms with Crippen LogP contribution >= 0.6 is 0 Å². The van der Waals surface area contributed by atoms with Crippen molar-refractivity contribution in [2.75, 3.05) is 24.7 Å². The predicted molar refractivity (Wildman–Crippen MR) is 107 cm³/mol. The van der Waals surface area contributed by atoms with E-state index < -0.39 is 10.0 Å². The van der Waals surface area contributed by atoms with E-state index in [-0.39, 0.29) is 25.4 Å². The average molecular weight is 391 g/mol. The summed E-state index contributed by atoms with van der Waals surface area (Å²) >= 11 is 0. The standard InChI is InChI=1S/C20H26N2O4S/c1-4-26-19-12-8-7-11-18(19)21-20(23)13-14-22(27(3,24)25)15-17-10-6-5-9-16(17)2/h5-12H,4,13-15H2,1-3H3,(H,21,23). The van der Waals surface area contributed by atoms with Crippen LogP contribution in [0, 0.1) is 6.92 Å². The second-order valence-corrected chi connectivity index (χ2v) is 8.23. The topological polar surface area (TPSA) is 75.7 Å². The van der Waals surface area contributed by atoms with Crippen molar-refractivity contribution < 1.29 is 17.9 Å². The number of hydrogen-bond donors (Lipinski definition) is 1. The van der Waals surface area contributed by atoms with E-state index in [9.17, 15) is 13.2 Å². The lowest BCUT2D eigenvalue weighted by Gasteiger charge is -2.21. The van der Waals surface area contributed by atoms with Crippen LogP contribution in [-0.2, 0) is 21.4 Å². The fourth-order valence-corrected chi connectivity index (χ4v) is 3.43. The number of amides is 1. The Labute approximate surface area is 161 Å². The van der Waals surface area contributed by atoms with E-state index in [1.54, 1.807) is 18.2 Å². The molecular formula is C20H26N2O4S. The molecule has 6 nitrogen and oxygen atoms in total. The summed E-state index contributed by atoms with van der Waals surface area (Å²) in [5.41, 5.74) is 2.51. The van der Waals surface area contributed by atoms with Gasteiger partial charge in [-0.25, -0.2) is 8.42 Å². The molecule has 2 aromatic rings. The van der Waals surface area contributed by atoms with Gasteiger partial charge in [-0.05, 0) is 37.1 Å². The second kappa shape index (κ2) is 9.53. The van der Waals surface area contributed by atoms with E-state index in [0.29, 0.717) is 18.0 Å². The van der Waals surface area contributed by atoms with Crippen LogP contribution in [0.4, 0.5) is 5.69 Å². The first-order valence-electron chi connectivity index (χ1n) is 8.82. The van der Waals surface area contributed by atoms with Crippen LogP contribution in [0.25, 0.3) is 0 Å². The molecule has 0 saturated heterocycles. The highest BCUT2D eigenvalue weighted by molar-refractivity contribution is 7.88. The number of ether oxygens (including phenoxy) is 1. The van der Waals surface area contributed by atoms with Gasteiger partial charge in [0.25, 0.3) is 0 Å². The summed E-state index contributed by atoms with van der Waals surface area (Å²) in [4.78, 5) is 12.3. The first kappa shape index (κ1) is 20.9. The fourth-order valence-electron chi connectivity index (χ4n) is 2.63. The molecule has 1 N–H and O–H groups in total. The van der Waals surface area contributed by atoms with Gasteiger partial charge in [-0.1, -0.05) is 36.4 Å². The van der Waals surface area contributed by atoms with Gasteiger partial charge in [-0.15, -0.1) is 0 Å². The number of nitrogens with one attached hydrogen (secondary N) is 1. The van der Waals surface area contributed by atoms with Gasteiger partial charge in [-0.2, -0.15) is 4.31 Å². The summed E-state index contributed by atoms with van der Waals surface area (Å²) in [7, 11) is -3.44. The fraction of sp³-hybridized carbons (Fsp3) is 0.350. The van der Waals surface area contributed by atoms with E-state index in [4.69, 9.17) is 4.74 Å². The van der Waals surface area contributed by atoms with Gasteiger partial charge >= 0.3 is 0 Å². The quantitative estimate of drug-likeness (QED) is 0.713. The number of hydrogen-bond acceptors (Lipinski definition) is 4. The van der Waals surface area contributed by atoms with Crippen LogP contribution in [0.2, 0.25) is 0 Å². The molecule has 0 aliphatic rings. The van der Waals surface area contributed by atoms with Gasteiger partial charge in [0.15, 0.2) is 0 Å². The van der Waals surface area contributed by atoms with Crippen molar-refractivity contribution in [3.8, 4) is 5.75 Å². The Morgan fingerprint density at radius 3 is 2.44 bits per heavy atom. The zero-order valence-electron chi connectivity index (χ0n) is 15.9. The summed E-state index contributed by atoms with van der Waals surface area (Å²) < 4.78 is 31.1. The van der Waals surface area contributed by atoms with Gasteiger partial charge in [0.2, 0.25) is 15.9 Å². The van der Waals surface area contributed by atoms with E-state index in [1.165, 1.54) is 4.31 Å². The van der Waals surface area contributed by atoms with Gasteiger partial charge in [0.1, 0.15) is 5.75 Å². The first-order chi connectivity index (χ1) is 12.8. The number of rotatable bonds is 9. The monoisotopic (exact) mass is 390 g/mol. The molecule has 0 aliphatic heterocycles. The predicted octanol–water partition coefficient (Wildman–Crippen LogP) is 3.18. The van der Waals surface area contributed by atoms with Gasteiger partial charge in [0, 0.05) is 19.5 Å². The molecule has 0 saturated carbocycles. The lowest BCUT2D eigenvalue weighted by Crippen LogP contribution is -2.32. The molecule has 0 bridgehead atoms. The Bertz CT molecular complexity index is 881. The molecule has 0 aromatic heterocycles. The van der Waals surface area contributed by atoms with Crippen molar-refractivity contribution in [2.45, 2.75) is 26.8 Å². The molecule has 0 aliphatic carbocycles. The molecule has 2 aromatic carbocycles. The van der Waals surface area contributed by atoms with Crippen molar-refractivity contribution in [1.82, 2.24) is 4.31 Å². The molecule has 0 fully saturated rings. The van der Waals surface area contributed by atoms with E-state index >= 15 is 0 Å². The number of benzene rings is 2. The maximum Gasteiger partial charge on any atom is 0.225 e. The zero-order chi connectivity index (χ0) is 19.9. The molecule has 0 spiro atoms. The Hall–Kier alpha value is -2.38. The Morgan fingerprint density at radius 1 is 1.11 bits per heavy atom. The highest BCUT2D eigenvalue weighted by atomic mass is 32.2. The van der Waals surface area contributed by atoms with Crippen molar-refractivity contribution in [2.24, 2.45) is 0 Å². The molecule has 146 valence electrons. The molecule has 2 rings (SSSR count). The third-order valence-electron chi connectivity index (χ3n) is 4.13. The number of para-hydroxylation sites is 2. The van der Waals surface area contributed by atoms with E-state index in [2.05, 4.69) is 5.32 Å². The van der Waals surface area contributed by atoms with Crippen molar-refractivity contribution in [3.63, 3.8) is 0 Å². The highest BCUT2D eigenvalue weighted by Crippen LogP contribution is 2.24. The molecule has 0 unspecified atom stereocenters. The van der Waals surface area contributed by atoms with E-state index in [1.807, 2.05) is 44.2 Å². The third kappa shape index (κ3) is 6.37. The van der Waals surface area contributed by atoms with Gasteiger partial charge in [0.05, 0.1) is 18.6 Å². The number of carbonyl (C=O) groups excluding carboxylic acids is 1. The highest BCUT2D eigenvalue weighted by Gasteiger charge is 2.19. The normalized spacial score (nSPS) is 11.4. The minimum Gasteiger partial charge on any atom is -0.492 e. The molecule has 0 atom stereocenters. The Balaban J connectivity index is 2.03. The minimum absolute atomic E-state index is 0.0550. The largest absolute Gasteiger partial charge is 0.492 e. The number of anilines is 1. The number of aryl methyl sites for hydroxylation is 1. The lowest BCUT2D eigenvalue weighted by molar-refractivity contribution is -0.116. The van der Waals surface area contributed by atoms with Crippen molar-refractivity contribution >= 4 is 21.6 Å². The molecule has 1 amide bonds. The van der Waals surface area contributed by atoms with Crippen LogP contribution in [0.5, 0.6) is 5.75 Å². The van der Waals surface area contributed by atoms with Gasteiger partial charge in [-0.3, -0.25) is 4.79 Å². The molecule has 0 heterocycles. The van der Waals surface area contributed by atoms with Crippen molar-refractivity contribution in [1.29, 1.82) is 0 Å². The summed E-state index contributed by atoms with van der Waals surface area (Å²) in [6, 6.07) is 14.8. The molecule has 27 heavy (non-hydrogen) atoms. The van der Waals surface area contributed by atoms with Crippen LogP contribution in [0.3, 0.4) is 0 Å². The van der Waals surface area contributed by atoms with Crippen molar-refractivity contribution in [3.05, 3.63) is 59.7 Å². The lowest BCUT2D eigenvalue weighted by atomic mass is 10.1. The Kier molecular flexibility index (Phi) is 7.38. The van der Waals surface area contributed by atoms with Crippen LogP contribution < -0.4 is 10.1 Å². The summed E-state index contributed by atoms with van der Waals surface area (Å²) in [5.74, 6) is 0.328. The van der Waals surface area contributed by atoms with Crippen LogP contribution in [0.15, 0.2) is 48.5 Å². The average Bonchev–Trinajstić information content (AvgIpc) is 2.61. The van der Waals surface area contributed by atoms with Crippen LogP contribution in [-0.4, -0.2) is 38.0 Å². The summed E-state index contributed by atoms with van der Waals surface area (Å²) in [6.07, 6.45) is 1.22.